The van der Waals surface area contributed by atoms with E-state index in [1.165, 1.54) is 5.56 Å². The fraction of sp³-hybridized carbons (Fsp3) is 0.227. The molecule has 0 saturated carbocycles. The first-order chi connectivity index (χ1) is 13.5. The smallest absolute Gasteiger partial charge is 0.274 e. The van der Waals surface area contributed by atoms with E-state index in [9.17, 15) is 4.79 Å². The van der Waals surface area contributed by atoms with Crippen molar-refractivity contribution >= 4 is 23.1 Å². The lowest BCUT2D eigenvalue weighted by atomic mass is 10.1. The Balaban J connectivity index is 1.84. The quantitative estimate of drug-likeness (QED) is 0.646. The fourth-order valence-electron chi connectivity index (χ4n) is 2.88. The Hall–Kier alpha value is -3.41. The zero-order valence-corrected chi connectivity index (χ0v) is 16.5. The molecule has 0 radical (unpaired) electrons. The molecular weight excluding hydrogens is 352 g/mol. The van der Waals surface area contributed by atoms with E-state index in [1.54, 1.807) is 19.1 Å². The van der Waals surface area contributed by atoms with Crippen LogP contribution in [-0.2, 0) is 0 Å². The van der Waals surface area contributed by atoms with E-state index in [0.717, 1.165) is 11.3 Å². The number of nitrogens with one attached hydrogen (secondary N) is 2. The number of aryl methyl sites for hydroxylation is 3. The maximum absolute atomic E-state index is 12.8. The van der Waals surface area contributed by atoms with Crippen LogP contribution in [0.1, 0.15) is 34.4 Å². The van der Waals surface area contributed by atoms with Gasteiger partial charge in [-0.1, -0.05) is 29.8 Å². The summed E-state index contributed by atoms with van der Waals surface area (Å²) in [5.41, 5.74) is 4.13. The van der Waals surface area contributed by atoms with Gasteiger partial charge in [-0.3, -0.25) is 4.79 Å². The van der Waals surface area contributed by atoms with Gasteiger partial charge < -0.3 is 15.4 Å². The summed E-state index contributed by atoms with van der Waals surface area (Å²) >= 11 is 0. The molecule has 0 unspecified atom stereocenters. The molecule has 0 fully saturated rings. The van der Waals surface area contributed by atoms with Crippen LogP contribution in [-0.4, -0.2) is 22.5 Å². The molecule has 0 atom stereocenters. The highest BCUT2D eigenvalue weighted by Crippen LogP contribution is 2.25. The Bertz CT molecular complexity index is 1000. The van der Waals surface area contributed by atoms with Crippen molar-refractivity contribution in [2.45, 2.75) is 27.7 Å². The summed E-state index contributed by atoms with van der Waals surface area (Å²) in [5, 5.41) is 6.14. The molecule has 2 aromatic carbocycles. The van der Waals surface area contributed by atoms with E-state index in [4.69, 9.17) is 4.74 Å². The Labute approximate surface area is 165 Å². The predicted octanol–water partition coefficient (Wildman–Crippen LogP) is 4.80. The van der Waals surface area contributed by atoms with Gasteiger partial charge in [0.2, 0.25) is 0 Å². The summed E-state index contributed by atoms with van der Waals surface area (Å²) in [6.45, 7) is 8.26. The number of ether oxygens (including phenoxy) is 1. The Morgan fingerprint density at radius 2 is 1.79 bits per heavy atom. The lowest BCUT2D eigenvalue weighted by molar-refractivity contribution is 0.102. The molecule has 0 aliphatic heterocycles. The number of benzene rings is 2. The first-order valence-corrected chi connectivity index (χ1v) is 9.19. The van der Waals surface area contributed by atoms with Crippen LogP contribution in [0.15, 0.2) is 48.5 Å². The Morgan fingerprint density at radius 3 is 2.54 bits per heavy atom. The third-order valence-electron chi connectivity index (χ3n) is 4.15. The number of carbonyl (C=O) groups is 1. The molecule has 0 aliphatic carbocycles. The molecular formula is C22H24N4O2. The van der Waals surface area contributed by atoms with Crippen molar-refractivity contribution in [1.29, 1.82) is 0 Å². The second kappa shape index (κ2) is 8.52. The minimum Gasteiger partial charge on any atom is -0.492 e. The van der Waals surface area contributed by atoms with E-state index in [0.29, 0.717) is 29.7 Å². The SMILES string of the molecule is CCOc1ccccc1NC(=O)c1cc(Nc2ccc(C)cc2C)nc(C)n1. The molecule has 1 heterocycles. The molecule has 28 heavy (non-hydrogen) atoms. The Morgan fingerprint density at radius 1 is 1.00 bits per heavy atom. The topological polar surface area (TPSA) is 76.1 Å². The van der Waals surface area contributed by atoms with E-state index < -0.39 is 0 Å². The maximum Gasteiger partial charge on any atom is 0.274 e. The highest BCUT2D eigenvalue weighted by atomic mass is 16.5. The summed E-state index contributed by atoms with van der Waals surface area (Å²) in [6, 6.07) is 15.1. The standard InChI is InChI=1S/C22H24N4O2/c1-5-28-20-9-7-6-8-18(20)26-22(27)19-13-21(24-16(4)23-19)25-17-11-10-14(2)12-15(17)3/h6-13H,5H2,1-4H3,(H,26,27)(H,23,24,25). The van der Waals surface area contributed by atoms with E-state index in [-0.39, 0.29) is 11.6 Å². The average Bonchev–Trinajstić information content (AvgIpc) is 2.65. The van der Waals surface area contributed by atoms with Crippen LogP contribution in [0.5, 0.6) is 5.75 Å². The van der Waals surface area contributed by atoms with Crippen LogP contribution in [0, 0.1) is 20.8 Å². The predicted molar refractivity (Wildman–Crippen MR) is 112 cm³/mol. The second-order valence-electron chi connectivity index (χ2n) is 6.51. The molecule has 3 rings (SSSR count). The van der Waals surface area contributed by atoms with Crippen molar-refractivity contribution in [2.24, 2.45) is 0 Å². The number of hydrogen-bond acceptors (Lipinski definition) is 5. The van der Waals surface area contributed by atoms with Gasteiger partial charge in [-0.05, 0) is 51.5 Å². The fourth-order valence-corrected chi connectivity index (χ4v) is 2.88. The van der Waals surface area contributed by atoms with Gasteiger partial charge >= 0.3 is 0 Å². The molecule has 0 saturated heterocycles. The van der Waals surface area contributed by atoms with Crippen molar-refractivity contribution in [1.82, 2.24) is 9.97 Å². The molecule has 1 amide bonds. The lowest BCUT2D eigenvalue weighted by Gasteiger charge is -2.13. The molecule has 6 heteroatoms. The van der Waals surface area contributed by atoms with Gasteiger partial charge in [0, 0.05) is 11.8 Å². The monoisotopic (exact) mass is 376 g/mol. The van der Waals surface area contributed by atoms with Crippen LogP contribution in [0.4, 0.5) is 17.2 Å². The average molecular weight is 376 g/mol. The molecule has 1 aromatic heterocycles. The van der Waals surface area contributed by atoms with Crippen molar-refractivity contribution in [3.05, 3.63) is 71.2 Å². The normalized spacial score (nSPS) is 10.4. The highest BCUT2D eigenvalue weighted by Gasteiger charge is 2.14. The van der Waals surface area contributed by atoms with Gasteiger partial charge in [0.25, 0.3) is 5.91 Å². The second-order valence-corrected chi connectivity index (χ2v) is 6.51. The van der Waals surface area contributed by atoms with Crippen LogP contribution in [0.3, 0.4) is 0 Å². The third-order valence-corrected chi connectivity index (χ3v) is 4.15. The van der Waals surface area contributed by atoms with Crippen molar-refractivity contribution < 1.29 is 9.53 Å². The molecule has 3 aromatic rings. The summed E-state index contributed by atoms with van der Waals surface area (Å²) in [6.07, 6.45) is 0. The number of aromatic nitrogens is 2. The molecule has 0 bridgehead atoms. The minimum absolute atomic E-state index is 0.283. The molecule has 6 nitrogen and oxygen atoms in total. The number of hydrogen-bond donors (Lipinski definition) is 2. The van der Waals surface area contributed by atoms with Gasteiger partial charge in [0.1, 0.15) is 23.1 Å². The third kappa shape index (κ3) is 4.65. The molecule has 0 aliphatic rings. The molecule has 0 spiro atoms. The zero-order valence-electron chi connectivity index (χ0n) is 16.5. The molecule has 2 N–H and O–H groups in total. The number of para-hydroxylation sites is 2. The molecule has 144 valence electrons. The van der Waals surface area contributed by atoms with Gasteiger partial charge in [-0.2, -0.15) is 0 Å². The summed E-state index contributed by atoms with van der Waals surface area (Å²) < 4.78 is 5.56. The van der Waals surface area contributed by atoms with E-state index in [2.05, 4.69) is 26.7 Å². The van der Waals surface area contributed by atoms with Gasteiger partial charge in [0.15, 0.2) is 0 Å². The largest absolute Gasteiger partial charge is 0.492 e. The number of rotatable bonds is 6. The van der Waals surface area contributed by atoms with E-state index >= 15 is 0 Å². The van der Waals surface area contributed by atoms with Gasteiger partial charge in [-0.25, -0.2) is 9.97 Å². The van der Waals surface area contributed by atoms with Crippen LogP contribution in [0.25, 0.3) is 0 Å². The number of nitrogens with zero attached hydrogens (tertiary/aromatic N) is 2. The number of anilines is 3. The van der Waals surface area contributed by atoms with Gasteiger partial charge in [0.05, 0.1) is 12.3 Å². The Kier molecular flexibility index (Phi) is 5.89. The van der Waals surface area contributed by atoms with Gasteiger partial charge in [-0.15, -0.1) is 0 Å². The van der Waals surface area contributed by atoms with Crippen molar-refractivity contribution in [3.63, 3.8) is 0 Å². The zero-order chi connectivity index (χ0) is 20.1. The lowest BCUT2D eigenvalue weighted by Crippen LogP contribution is -2.16. The summed E-state index contributed by atoms with van der Waals surface area (Å²) in [7, 11) is 0. The van der Waals surface area contributed by atoms with Crippen molar-refractivity contribution in [3.8, 4) is 5.75 Å². The van der Waals surface area contributed by atoms with Crippen LogP contribution < -0.4 is 15.4 Å². The first-order valence-electron chi connectivity index (χ1n) is 9.19. The maximum atomic E-state index is 12.8. The highest BCUT2D eigenvalue weighted by molar-refractivity contribution is 6.04. The number of amides is 1. The summed E-state index contributed by atoms with van der Waals surface area (Å²) in [4.78, 5) is 21.4. The number of carbonyl (C=O) groups excluding carboxylic acids is 1. The summed E-state index contributed by atoms with van der Waals surface area (Å²) in [5.74, 6) is 1.39. The van der Waals surface area contributed by atoms with E-state index in [1.807, 2.05) is 51.1 Å². The first kappa shape index (κ1) is 19.4. The van der Waals surface area contributed by atoms with Crippen LogP contribution in [0.2, 0.25) is 0 Å². The minimum atomic E-state index is -0.318. The van der Waals surface area contributed by atoms with Crippen LogP contribution >= 0.6 is 0 Å². The van der Waals surface area contributed by atoms with Crippen molar-refractivity contribution in [2.75, 3.05) is 17.2 Å².